The number of hydrogen-bond donors (Lipinski definition) is 2. The van der Waals surface area contributed by atoms with Crippen LogP contribution in [0.5, 0.6) is 0 Å². The Morgan fingerprint density at radius 3 is 3.04 bits per heavy atom. The molecule has 3 aromatic heterocycles. The largest absolute Gasteiger partial charge is 0.355 e. The Morgan fingerprint density at radius 1 is 1.35 bits per heavy atom. The highest BCUT2D eigenvalue weighted by Gasteiger charge is 2.18. The first-order valence-electron chi connectivity index (χ1n) is 8.42. The Labute approximate surface area is 154 Å². The van der Waals surface area contributed by atoms with E-state index in [0.717, 1.165) is 38.4 Å². The second kappa shape index (κ2) is 6.93. The van der Waals surface area contributed by atoms with Gasteiger partial charge in [0.2, 0.25) is 0 Å². The lowest BCUT2D eigenvalue weighted by Crippen LogP contribution is -2.28. The molecule has 1 aliphatic heterocycles. The van der Waals surface area contributed by atoms with Crippen molar-refractivity contribution in [3.8, 4) is 0 Å². The molecule has 4 rings (SSSR count). The number of rotatable bonds is 3. The molecule has 0 bridgehead atoms. The maximum absolute atomic E-state index is 12.7. The van der Waals surface area contributed by atoms with Crippen molar-refractivity contribution in [2.45, 2.75) is 6.42 Å². The van der Waals surface area contributed by atoms with Gasteiger partial charge in [-0.1, -0.05) is 11.6 Å². The summed E-state index contributed by atoms with van der Waals surface area (Å²) in [5.41, 5.74) is 1.35. The SMILES string of the molecule is Cn1cc(NC(=O)c2cnn3ccc(N4CCCNCC4)nc23)c(Cl)n1. The van der Waals surface area contributed by atoms with E-state index in [9.17, 15) is 4.79 Å². The van der Waals surface area contributed by atoms with E-state index in [2.05, 4.69) is 30.7 Å². The molecular weight excluding hydrogens is 356 g/mol. The first-order chi connectivity index (χ1) is 12.6. The van der Waals surface area contributed by atoms with Crippen molar-refractivity contribution < 1.29 is 4.79 Å². The Hall–Kier alpha value is -2.65. The van der Waals surface area contributed by atoms with E-state index in [4.69, 9.17) is 11.6 Å². The van der Waals surface area contributed by atoms with Crippen LogP contribution in [-0.2, 0) is 7.05 Å². The van der Waals surface area contributed by atoms with Crippen LogP contribution in [0.2, 0.25) is 5.15 Å². The van der Waals surface area contributed by atoms with Gasteiger partial charge in [0.05, 0.1) is 11.9 Å². The van der Waals surface area contributed by atoms with Crippen molar-refractivity contribution in [1.82, 2.24) is 29.7 Å². The number of carbonyl (C=O) groups is 1. The summed E-state index contributed by atoms with van der Waals surface area (Å²) in [4.78, 5) is 19.6. The van der Waals surface area contributed by atoms with E-state index in [1.54, 1.807) is 17.8 Å². The number of nitrogens with one attached hydrogen (secondary N) is 2. The molecule has 1 fully saturated rings. The second-order valence-electron chi connectivity index (χ2n) is 6.16. The third-order valence-corrected chi connectivity index (χ3v) is 4.57. The highest BCUT2D eigenvalue weighted by molar-refractivity contribution is 6.32. The highest BCUT2D eigenvalue weighted by Crippen LogP contribution is 2.21. The van der Waals surface area contributed by atoms with E-state index in [0.29, 0.717) is 16.9 Å². The molecule has 3 aromatic rings. The molecule has 1 aliphatic rings. The third-order valence-electron chi connectivity index (χ3n) is 4.30. The van der Waals surface area contributed by atoms with Gasteiger partial charge in [0.1, 0.15) is 11.4 Å². The average molecular weight is 375 g/mol. The van der Waals surface area contributed by atoms with Crippen molar-refractivity contribution in [2.24, 2.45) is 7.05 Å². The zero-order valence-corrected chi connectivity index (χ0v) is 15.1. The molecule has 1 amide bonds. The molecule has 9 nitrogen and oxygen atoms in total. The number of anilines is 2. The fraction of sp³-hybridized carbons (Fsp3) is 0.375. The summed E-state index contributed by atoms with van der Waals surface area (Å²) >= 11 is 6.02. The zero-order valence-electron chi connectivity index (χ0n) is 14.3. The molecule has 136 valence electrons. The minimum absolute atomic E-state index is 0.239. The molecule has 0 aromatic carbocycles. The maximum Gasteiger partial charge on any atom is 0.261 e. The lowest BCUT2D eigenvalue weighted by atomic mass is 10.3. The van der Waals surface area contributed by atoms with Crippen LogP contribution in [-0.4, -0.2) is 56.5 Å². The number of amides is 1. The lowest BCUT2D eigenvalue weighted by molar-refractivity contribution is 0.102. The normalized spacial score (nSPS) is 15.2. The molecule has 26 heavy (non-hydrogen) atoms. The topological polar surface area (TPSA) is 92.4 Å². The van der Waals surface area contributed by atoms with Gasteiger partial charge in [-0.3, -0.25) is 9.48 Å². The molecule has 0 radical (unpaired) electrons. The highest BCUT2D eigenvalue weighted by atomic mass is 35.5. The van der Waals surface area contributed by atoms with Crippen molar-refractivity contribution in [3.05, 3.63) is 35.4 Å². The number of fused-ring (bicyclic) bond motifs is 1. The summed E-state index contributed by atoms with van der Waals surface area (Å²) in [6, 6.07) is 1.92. The smallest absolute Gasteiger partial charge is 0.261 e. The van der Waals surface area contributed by atoms with Crippen LogP contribution in [0.3, 0.4) is 0 Å². The van der Waals surface area contributed by atoms with E-state index in [1.165, 1.54) is 10.9 Å². The Balaban J connectivity index is 1.63. The van der Waals surface area contributed by atoms with Gasteiger partial charge in [-0.15, -0.1) is 0 Å². The van der Waals surface area contributed by atoms with E-state index in [1.807, 2.05) is 12.3 Å². The molecular formula is C16H19ClN8O. The van der Waals surface area contributed by atoms with Crippen LogP contribution in [0.4, 0.5) is 11.5 Å². The van der Waals surface area contributed by atoms with E-state index in [-0.39, 0.29) is 11.1 Å². The Morgan fingerprint density at radius 2 is 2.23 bits per heavy atom. The molecule has 0 spiro atoms. The van der Waals surface area contributed by atoms with Gasteiger partial charge < -0.3 is 15.5 Å². The second-order valence-corrected chi connectivity index (χ2v) is 6.52. The van der Waals surface area contributed by atoms with Crippen LogP contribution < -0.4 is 15.5 Å². The summed E-state index contributed by atoms with van der Waals surface area (Å²) in [7, 11) is 1.74. The van der Waals surface area contributed by atoms with Crippen LogP contribution >= 0.6 is 11.6 Å². The molecule has 2 N–H and O–H groups in total. The van der Waals surface area contributed by atoms with Gasteiger partial charge in [-0.05, 0) is 19.0 Å². The van der Waals surface area contributed by atoms with Gasteiger partial charge >= 0.3 is 0 Å². The molecule has 0 unspecified atom stereocenters. The number of carbonyl (C=O) groups excluding carboxylic acids is 1. The summed E-state index contributed by atoms with van der Waals surface area (Å²) in [6.45, 7) is 3.73. The van der Waals surface area contributed by atoms with Gasteiger partial charge in [0.25, 0.3) is 5.91 Å². The van der Waals surface area contributed by atoms with E-state index < -0.39 is 0 Å². The summed E-state index contributed by atoms with van der Waals surface area (Å²) in [5.74, 6) is 0.521. The monoisotopic (exact) mass is 374 g/mol. The van der Waals surface area contributed by atoms with Crippen LogP contribution in [0.1, 0.15) is 16.8 Å². The molecule has 10 heteroatoms. The number of hydrogen-bond acceptors (Lipinski definition) is 6. The van der Waals surface area contributed by atoms with Crippen molar-refractivity contribution >= 4 is 34.7 Å². The quantitative estimate of drug-likeness (QED) is 0.715. The van der Waals surface area contributed by atoms with E-state index >= 15 is 0 Å². The number of aryl methyl sites for hydroxylation is 1. The average Bonchev–Trinajstić information content (AvgIpc) is 3.05. The number of halogens is 1. The number of aromatic nitrogens is 5. The first-order valence-corrected chi connectivity index (χ1v) is 8.80. The maximum atomic E-state index is 12.7. The zero-order chi connectivity index (χ0) is 18.1. The predicted octanol–water partition coefficient (Wildman–Crippen LogP) is 1.17. The van der Waals surface area contributed by atoms with Gasteiger partial charge in [-0.2, -0.15) is 10.2 Å². The first kappa shape index (κ1) is 16.8. The van der Waals surface area contributed by atoms with Gasteiger partial charge in [0.15, 0.2) is 10.8 Å². The van der Waals surface area contributed by atoms with Gasteiger partial charge in [-0.25, -0.2) is 9.50 Å². The van der Waals surface area contributed by atoms with Gasteiger partial charge in [0, 0.05) is 39.1 Å². The van der Waals surface area contributed by atoms with Crippen molar-refractivity contribution in [3.63, 3.8) is 0 Å². The fourth-order valence-electron chi connectivity index (χ4n) is 3.01. The minimum atomic E-state index is -0.322. The molecule has 4 heterocycles. The molecule has 0 aliphatic carbocycles. The minimum Gasteiger partial charge on any atom is -0.355 e. The van der Waals surface area contributed by atoms with Crippen LogP contribution in [0, 0.1) is 0 Å². The van der Waals surface area contributed by atoms with Crippen molar-refractivity contribution in [1.29, 1.82) is 0 Å². The summed E-state index contributed by atoms with van der Waals surface area (Å²) in [6.07, 6.45) is 6.04. The standard InChI is InChI=1S/C16H19ClN8O/c1-23-10-12(14(17)22-23)20-16(26)11-9-19-25-7-3-13(21-15(11)25)24-6-2-4-18-5-8-24/h3,7,9-10,18H,2,4-6,8H2,1H3,(H,20,26). The summed E-state index contributed by atoms with van der Waals surface area (Å²) < 4.78 is 3.14. The van der Waals surface area contributed by atoms with Crippen LogP contribution in [0.15, 0.2) is 24.7 Å². The fourth-order valence-corrected chi connectivity index (χ4v) is 3.22. The van der Waals surface area contributed by atoms with Crippen LogP contribution in [0.25, 0.3) is 5.65 Å². The Bertz CT molecular complexity index is 941. The molecule has 1 saturated heterocycles. The third kappa shape index (κ3) is 3.23. The number of nitrogens with zero attached hydrogens (tertiary/aromatic N) is 6. The predicted molar refractivity (Wildman–Crippen MR) is 98.9 cm³/mol. The van der Waals surface area contributed by atoms with Crippen molar-refractivity contribution in [2.75, 3.05) is 36.4 Å². The Kier molecular flexibility index (Phi) is 4.48. The summed E-state index contributed by atoms with van der Waals surface area (Å²) in [5, 5.41) is 14.6. The molecule has 0 saturated carbocycles. The molecule has 0 atom stereocenters. The lowest BCUT2D eigenvalue weighted by Gasteiger charge is -2.20.